The number of fused-ring (bicyclic) bond motifs is 1. The zero-order valence-corrected chi connectivity index (χ0v) is 15.8. The van der Waals surface area contributed by atoms with Gasteiger partial charge in [0.05, 0.1) is 17.9 Å². The number of anilines is 1. The molecular weight excluding hydrogens is 382 g/mol. The van der Waals surface area contributed by atoms with Gasteiger partial charge in [0.15, 0.2) is 0 Å². The van der Waals surface area contributed by atoms with Crippen LogP contribution in [0.15, 0.2) is 53.9 Å². The molecule has 0 atom stereocenters. The minimum Gasteiger partial charge on any atom is -0.480 e. The van der Waals surface area contributed by atoms with Gasteiger partial charge in [-0.15, -0.1) is 11.3 Å². The van der Waals surface area contributed by atoms with Crippen LogP contribution in [0, 0.1) is 0 Å². The van der Waals surface area contributed by atoms with Crippen molar-refractivity contribution in [1.29, 1.82) is 0 Å². The molecule has 2 aromatic carbocycles. The van der Waals surface area contributed by atoms with Crippen LogP contribution in [0.3, 0.4) is 0 Å². The van der Waals surface area contributed by atoms with Gasteiger partial charge in [-0.3, -0.25) is 9.69 Å². The highest BCUT2D eigenvalue weighted by molar-refractivity contribution is 7.17. The Morgan fingerprint density at radius 2 is 1.86 bits per heavy atom. The molecular formula is C20H17NO6S. The van der Waals surface area contributed by atoms with Crippen molar-refractivity contribution in [1.82, 2.24) is 0 Å². The first-order valence-electron chi connectivity index (χ1n) is 8.44. The molecule has 1 heterocycles. The van der Waals surface area contributed by atoms with Gasteiger partial charge in [-0.2, -0.15) is 0 Å². The number of rotatable bonds is 6. The predicted molar refractivity (Wildman–Crippen MR) is 105 cm³/mol. The maximum Gasteiger partial charge on any atom is 0.414 e. The van der Waals surface area contributed by atoms with Gasteiger partial charge in [-0.05, 0) is 37.3 Å². The lowest BCUT2D eigenvalue weighted by Crippen LogP contribution is -2.36. The van der Waals surface area contributed by atoms with Crippen molar-refractivity contribution < 1.29 is 29.0 Å². The van der Waals surface area contributed by atoms with Crippen LogP contribution >= 0.6 is 11.3 Å². The molecule has 28 heavy (non-hydrogen) atoms. The second-order valence-electron chi connectivity index (χ2n) is 5.71. The van der Waals surface area contributed by atoms with Gasteiger partial charge in [0.2, 0.25) is 0 Å². The van der Waals surface area contributed by atoms with Crippen LogP contribution in [-0.4, -0.2) is 36.3 Å². The smallest absolute Gasteiger partial charge is 0.414 e. The third-order valence-corrected chi connectivity index (χ3v) is 4.77. The number of thiophene rings is 1. The van der Waals surface area contributed by atoms with Crippen molar-refractivity contribution >= 4 is 45.1 Å². The van der Waals surface area contributed by atoms with E-state index in [-0.39, 0.29) is 6.61 Å². The van der Waals surface area contributed by atoms with Gasteiger partial charge in [-0.25, -0.2) is 9.59 Å². The number of carbonyl (C=O) groups excluding carboxylic acids is 2. The van der Waals surface area contributed by atoms with Gasteiger partial charge < -0.3 is 14.6 Å². The number of carboxylic acid groups (broad SMARTS) is 1. The molecule has 0 saturated carbocycles. The molecule has 8 heteroatoms. The summed E-state index contributed by atoms with van der Waals surface area (Å²) >= 11 is 1.35. The summed E-state index contributed by atoms with van der Waals surface area (Å²) in [5.41, 5.74) is 0.797. The summed E-state index contributed by atoms with van der Waals surface area (Å²) in [4.78, 5) is 36.7. The van der Waals surface area contributed by atoms with E-state index in [2.05, 4.69) is 0 Å². The van der Waals surface area contributed by atoms with E-state index in [1.54, 1.807) is 60.8 Å². The lowest BCUT2D eigenvalue weighted by atomic mass is 10.2. The molecule has 1 aromatic heterocycles. The minimum absolute atomic E-state index is 0.122. The molecule has 0 aliphatic carbocycles. The van der Waals surface area contributed by atoms with Crippen LogP contribution in [0.25, 0.3) is 10.1 Å². The molecule has 1 amide bonds. The van der Waals surface area contributed by atoms with Crippen LogP contribution in [0.1, 0.15) is 17.3 Å². The average Bonchev–Trinajstić information content (AvgIpc) is 3.09. The maximum absolute atomic E-state index is 12.3. The molecule has 0 radical (unpaired) electrons. The van der Waals surface area contributed by atoms with E-state index in [1.807, 2.05) is 0 Å². The zero-order chi connectivity index (χ0) is 20.1. The first kappa shape index (κ1) is 19.4. The van der Waals surface area contributed by atoms with E-state index in [0.717, 1.165) is 9.60 Å². The average molecular weight is 399 g/mol. The zero-order valence-electron chi connectivity index (χ0n) is 15.0. The molecule has 3 aromatic rings. The van der Waals surface area contributed by atoms with Crippen LogP contribution in [0.4, 0.5) is 10.5 Å². The van der Waals surface area contributed by atoms with Gasteiger partial charge in [0.1, 0.15) is 12.3 Å². The van der Waals surface area contributed by atoms with Crippen LogP contribution < -0.4 is 9.64 Å². The molecule has 7 nitrogen and oxygen atoms in total. The quantitative estimate of drug-likeness (QED) is 0.494. The molecule has 1 N–H and O–H groups in total. The Morgan fingerprint density at radius 1 is 1.11 bits per heavy atom. The number of esters is 1. The monoisotopic (exact) mass is 399 g/mol. The van der Waals surface area contributed by atoms with E-state index in [0.29, 0.717) is 22.4 Å². The number of nitrogens with zero attached hydrogens (tertiary/aromatic N) is 1. The van der Waals surface area contributed by atoms with Crippen molar-refractivity contribution in [3.8, 4) is 5.75 Å². The molecule has 3 rings (SSSR count). The third-order valence-electron chi connectivity index (χ3n) is 3.82. The number of ether oxygens (including phenoxy) is 2. The Bertz CT molecular complexity index is 1010. The highest BCUT2D eigenvalue weighted by Gasteiger charge is 2.23. The fourth-order valence-corrected chi connectivity index (χ4v) is 3.52. The number of carbonyl (C=O) groups is 3. The summed E-state index contributed by atoms with van der Waals surface area (Å²) in [5, 5.41) is 11.4. The third kappa shape index (κ3) is 4.29. The van der Waals surface area contributed by atoms with Crippen molar-refractivity contribution in [2.75, 3.05) is 18.1 Å². The Labute approximate surface area is 164 Å². The second-order valence-corrected chi connectivity index (χ2v) is 6.62. The molecule has 144 valence electrons. The maximum atomic E-state index is 12.3. The largest absolute Gasteiger partial charge is 0.480 e. The lowest BCUT2D eigenvalue weighted by Gasteiger charge is -2.19. The Kier molecular flexibility index (Phi) is 5.90. The van der Waals surface area contributed by atoms with Gasteiger partial charge in [-0.1, -0.05) is 18.2 Å². The molecule has 0 aliphatic rings. The van der Waals surface area contributed by atoms with Crippen molar-refractivity contribution in [2.24, 2.45) is 0 Å². The topological polar surface area (TPSA) is 93.1 Å². The summed E-state index contributed by atoms with van der Waals surface area (Å²) in [6.45, 7) is 1.22. The summed E-state index contributed by atoms with van der Waals surface area (Å²) in [6, 6.07) is 13.6. The number of benzene rings is 2. The summed E-state index contributed by atoms with van der Waals surface area (Å²) in [5.74, 6) is -1.39. The standard InChI is InChI=1S/C20H17NO6S/c1-2-26-20(25)21(11-18(22)23)16-12-28-17-9-8-14(10-15(16)17)27-19(24)13-6-4-3-5-7-13/h3-10,12H,2,11H2,1H3,(H,22,23). The van der Waals surface area contributed by atoms with E-state index >= 15 is 0 Å². The van der Waals surface area contributed by atoms with E-state index in [4.69, 9.17) is 14.6 Å². The highest BCUT2D eigenvalue weighted by atomic mass is 32.1. The first-order valence-corrected chi connectivity index (χ1v) is 9.32. The van der Waals surface area contributed by atoms with Crippen molar-refractivity contribution in [3.05, 3.63) is 59.5 Å². The van der Waals surface area contributed by atoms with Gasteiger partial charge >= 0.3 is 18.0 Å². The normalized spacial score (nSPS) is 10.5. The number of amides is 1. The number of carboxylic acids is 1. The van der Waals surface area contributed by atoms with E-state index < -0.39 is 24.6 Å². The Hall–Kier alpha value is -3.39. The SMILES string of the molecule is CCOC(=O)N(CC(=O)O)c1csc2ccc(OC(=O)c3ccccc3)cc12. The second kappa shape index (κ2) is 8.53. The van der Waals surface area contributed by atoms with Gasteiger partial charge in [0, 0.05) is 15.5 Å². The minimum atomic E-state index is -1.17. The number of aliphatic carboxylic acids is 1. The van der Waals surface area contributed by atoms with Crippen molar-refractivity contribution in [2.45, 2.75) is 6.92 Å². The molecule has 0 bridgehead atoms. The van der Waals surface area contributed by atoms with Crippen LogP contribution in [-0.2, 0) is 9.53 Å². The number of hydrogen-bond acceptors (Lipinski definition) is 6. The van der Waals surface area contributed by atoms with Crippen LogP contribution in [0.2, 0.25) is 0 Å². The fourth-order valence-electron chi connectivity index (χ4n) is 2.59. The van der Waals surface area contributed by atoms with E-state index in [1.165, 1.54) is 11.3 Å². The predicted octanol–water partition coefficient (Wildman–Crippen LogP) is 4.17. The highest BCUT2D eigenvalue weighted by Crippen LogP contribution is 2.36. The fraction of sp³-hybridized carbons (Fsp3) is 0.150. The summed E-state index contributed by atoms with van der Waals surface area (Å²) in [6.07, 6.45) is -0.753. The first-order chi connectivity index (χ1) is 13.5. The van der Waals surface area contributed by atoms with E-state index in [9.17, 15) is 14.4 Å². The van der Waals surface area contributed by atoms with Crippen molar-refractivity contribution in [3.63, 3.8) is 0 Å². The molecule has 0 fully saturated rings. The molecule has 0 spiro atoms. The summed E-state index contributed by atoms with van der Waals surface area (Å²) < 4.78 is 11.2. The Balaban J connectivity index is 1.93. The molecule has 0 unspecified atom stereocenters. The molecule has 0 aliphatic heterocycles. The Morgan fingerprint density at radius 3 is 2.54 bits per heavy atom. The van der Waals surface area contributed by atoms with Crippen LogP contribution in [0.5, 0.6) is 5.75 Å². The van der Waals surface area contributed by atoms with Gasteiger partial charge in [0.25, 0.3) is 0 Å². The lowest BCUT2D eigenvalue weighted by molar-refractivity contribution is -0.135. The molecule has 0 saturated heterocycles. The summed E-state index contributed by atoms with van der Waals surface area (Å²) in [7, 11) is 0. The number of hydrogen-bond donors (Lipinski definition) is 1.